The first-order valence-corrected chi connectivity index (χ1v) is 14.3. The second kappa shape index (κ2) is 3.88. The SMILES string of the molecule is [CH3][U][CH]1CN2CC[CH]1[Y][CH2]2. The summed E-state index contributed by atoms with van der Waals surface area (Å²) in [7, 11) is 0. The molecule has 0 aromatic heterocycles. The molecule has 0 amide bonds. The summed E-state index contributed by atoms with van der Waals surface area (Å²) in [6, 6.07) is 0. The Morgan fingerprint density at radius 2 is 2.50 bits per heavy atom. The Balaban J connectivity index is 2.01. The van der Waals surface area contributed by atoms with Crippen LogP contribution in [0.15, 0.2) is 0 Å². The minimum atomic E-state index is -0.213. The predicted octanol–water partition coefficient (Wildman–Crippen LogP) is 1.46. The molecule has 0 aromatic carbocycles. The van der Waals surface area contributed by atoms with Crippen LogP contribution in [-0.2, 0) is 29.2 Å². The molecule has 53 valence electrons. The summed E-state index contributed by atoms with van der Waals surface area (Å²) in [5.74, 6) is 0. The standard InChI is InChI=1S/C6H10N.CH3.U.Y/c1-7-5-3-2-4-6-7;;;/h2-3H,1,4-6H2;1H3;;. The van der Waals surface area contributed by atoms with Crippen molar-refractivity contribution >= 4 is 0 Å². The maximum atomic E-state index is 2.77. The van der Waals surface area contributed by atoms with Crippen LogP contribution in [-0.4, -0.2) is 21.3 Å². The van der Waals surface area contributed by atoms with E-state index in [9.17, 15) is 0 Å². The molecule has 3 aliphatic heterocycles. The van der Waals surface area contributed by atoms with Crippen LogP contribution in [0.3, 0.4) is 0 Å². The first kappa shape index (κ1) is 8.70. The molecule has 3 aliphatic rings. The summed E-state index contributed by atoms with van der Waals surface area (Å²) in [6.45, 7) is 3.02. The molecule has 0 aliphatic carbocycles. The van der Waals surface area contributed by atoms with Crippen molar-refractivity contribution in [2.75, 3.05) is 16.4 Å². The van der Waals surface area contributed by atoms with E-state index in [1.807, 2.05) is 0 Å². The van der Waals surface area contributed by atoms with Gasteiger partial charge in [-0.1, -0.05) is 0 Å². The van der Waals surface area contributed by atoms with Crippen LogP contribution in [0.25, 0.3) is 0 Å². The molecule has 3 rings (SSSR count). The minimum absolute atomic E-state index is 0.0293. The van der Waals surface area contributed by atoms with E-state index in [2.05, 4.69) is 8.86 Å². The van der Waals surface area contributed by atoms with Crippen molar-refractivity contribution in [2.24, 2.45) is 0 Å². The van der Waals surface area contributed by atoms with Gasteiger partial charge in [-0.3, -0.25) is 0 Å². The number of rotatable bonds is 1. The normalized spacial score (nSPS) is 43.5. The second-order valence-corrected chi connectivity index (χ2v) is 13.0. The van der Waals surface area contributed by atoms with E-state index in [4.69, 9.17) is 0 Å². The van der Waals surface area contributed by atoms with E-state index in [1.165, 1.54) is 12.2 Å². The van der Waals surface area contributed by atoms with Crippen LogP contribution < -0.4 is 0 Å². The third-order valence-corrected chi connectivity index (χ3v) is 17.6. The van der Waals surface area contributed by atoms with Gasteiger partial charge >= 0.3 is 94.3 Å². The Kier molecular flexibility index (Phi) is 3.38. The molecule has 0 saturated carbocycles. The van der Waals surface area contributed by atoms with Gasteiger partial charge in [-0.05, 0) is 0 Å². The zero-order valence-electron chi connectivity index (χ0n) is 6.51. The number of hydrogen-bond acceptors (Lipinski definition) is 1. The third-order valence-electron chi connectivity index (χ3n) is 2.79. The van der Waals surface area contributed by atoms with Crippen LogP contribution >= 0.6 is 0 Å². The second-order valence-electron chi connectivity index (χ2n) is 3.34. The molecule has 10 heavy (non-hydrogen) atoms. The summed E-state index contributed by atoms with van der Waals surface area (Å²) < 4.78 is 6.91. The van der Waals surface area contributed by atoms with Gasteiger partial charge in [0.2, 0.25) is 0 Å². The molecule has 0 spiro atoms. The first-order chi connectivity index (χ1) is 4.90. The fourth-order valence-electron chi connectivity index (χ4n) is 2.08. The van der Waals surface area contributed by atoms with E-state index >= 15 is 0 Å². The average Bonchev–Trinajstić information content (AvgIpc) is 2.06. The Labute approximate surface area is 92.7 Å². The number of nitrogens with zero attached hydrogens (tertiary/aromatic N) is 1. The molecular formula is C7H13NUY. The molecule has 3 unspecified atom stereocenters. The number of hydrogen-bond donors (Lipinski definition) is 0. The van der Waals surface area contributed by atoms with Gasteiger partial charge in [0.1, 0.15) is 0 Å². The zero-order valence-corrected chi connectivity index (χ0v) is 13.5. The van der Waals surface area contributed by atoms with Crippen molar-refractivity contribution in [2.45, 2.75) is 16.1 Å². The summed E-state index contributed by atoms with van der Waals surface area (Å²) in [4.78, 5) is 2.77. The van der Waals surface area contributed by atoms with Crippen LogP contribution in [0.1, 0.15) is 6.42 Å². The topological polar surface area (TPSA) is 3.24 Å². The van der Waals surface area contributed by atoms with E-state index in [1.54, 1.807) is 16.3 Å². The Hall–Kier alpha value is 2.12. The van der Waals surface area contributed by atoms with Crippen LogP contribution in [0.4, 0.5) is 0 Å². The molecule has 3 heterocycles. The molecule has 3 heteroatoms. The summed E-state index contributed by atoms with van der Waals surface area (Å²) >= 11 is -0.243. The molecule has 3 saturated heterocycles. The van der Waals surface area contributed by atoms with Crippen molar-refractivity contribution < 1.29 is 56.9 Å². The van der Waals surface area contributed by atoms with E-state index < -0.39 is 0 Å². The van der Waals surface area contributed by atoms with Crippen molar-refractivity contribution in [3.63, 3.8) is 0 Å². The molecule has 2 bridgehead atoms. The molecule has 3 atom stereocenters. The quantitative estimate of drug-likeness (QED) is 0.600. The van der Waals surface area contributed by atoms with Crippen LogP contribution in [0.2, 0.25) is 9.64 Å². The monoisotopic (exact) mass is 438 g/mol. The van der Waals surface area contributed by atoms with Gasteiger partial charge in [0, 0.05) is 0 Å². The summed E-state index contributed by atoms with van der Waals surface area (Å²) in [5, 5.41) is 0. The van der Waals surface area contributed by atoms with Gasteiger partial charge in [0.05, 0.1) is 0 Å². The molecular weight excluding hydrogens is 425 g/mol. The molecule has 0 aromatic rings. The van der Waals surface area contributed by atoms with Crippen molar-refractivity contribution in [1.82, 2.24) is 4.90 Å². The van der Waals surface area contributed by atoms with E-state index in [0.717, 1.165) is 0 Å². The van der Waals surface area contributed by atoms with Gasteiger partial charge < -0.3 is 0 Å². The average molecular weight is 438 g/mol. The maximum absolute atomic E-state index is 2.77. The van der Waals surface area contributed by atoms with Gasteiger partial charge in [-0.2, -0.15) is 0 Å². The van der Waals surface area contributed by atoms with Crippen LogP contribution in [0, 0.1) is 27.7 Å². The van der Waals surface area contributed by atoms with Gasteiger partial charge in [-0.15, -0.1) is 0 Å². The fourth-order valence-corrected chi connectivity index (χ4v) is 18.4. The van der Waals surface area contributed by atoms with Crippen molar-refractivity contribution in [1.29, 1.82) is 0 Å². The van der Waals surface area contributed by atoms with Gasteiger partial charge in [-0.25, -0.2) is 0 Å². The Morgan fingerprint density at radius 3 is 2.80 bits per heavy atom. The Morgan fingerprint density at radius 1 is 1.60 bits per heavy atom. The summed E-state index contributed by atoms with van der Waals surface area (Å²) in [5.41, 5.74) is 0. The van der Waals surface area contributed by atoms with Gasteiger partial charge in [0.25, 0.3) is 0 Å². The first-order valence-electron chi connectivity index (χ1n) is 4.13. The van der Waals surface area contributed by atoms with Crippen LogP contribution in [0.5, 0.6) is 0 Å². The van der Waals surface area contributed by atoms with E-state index in [-0.39, 0.29) is 56.9 Å². The summed E-state index contributed by atoms with van der Waals surface area (Å²) in [6.07, 6.45) is 1.62. The number of fused-ring (bicyclic) bond motifs is 3. The van der Waals surface area contributed by atoms with Crippen molar-refractivity contribution in [3.05, 3.63) is 0 Å². The Bertz CT molecular complexity index is 123. The predicted molar refractivity (Wildman–Crippen MR) is 34.4 cm³/mol. The molecule has 1 nitrogen and oxygen atoms in total. The zero-order chi connectivity index (χ0) is 6.97. The fraction of sp³-hybridized carbons (Fsp3) is 1.00. The number of piperidine rings is 1. The van der Waals surface area contributed by atoms with Crippen molar-refractivity contribution in [3.8, 4) is 0 Å². The molecule has 0 radical (unpaired) electrons. The van der Waals surface area contributed by atoms with Gasteiger partial charge in [0.15, 0.2) is 0 Å². The third kappa shape index (κ3) is 1.72. The van der Waals surface area contributed by atoms with E-state index in [0.29, 0.717) is 0 Å². The molecule has 0 N–H and O–H groups in total. The molecule has 3 fully saturated rings.